The summed E-state index contributed by atoms with van der Waals surface area (Å²) in [6, 6.07) is 12.3. The standard InChI is InChI=1S/C27H28F2N2O3/c1-27(2,3)26-30-24(17-6-10-19(28)11-7-17)25(18-8-12-20(29)13-9-18)31(26)14-4-5-22-15-21(32)16-23(33)34-22/h4-13,21-22,32H,14-16H2,1-3H3/b5-4+. The van der Waals surface area contributed by atoms with Crippen LogP contribution < -0.4 is 0 Å². The number of rotatable bonds is 5. The van der Waals surface area contributed by atoms with Crippen molar-refractivity contribution >= 4 is 5.97 Å². The number of nitrogens with zero attached hydrogens (tertiary/aromatic N) is 2. The number of aliphatic hydroxyl groups excluding tert-OH is 1. The van der Waals surface area contributed by atoms with Gasteiger partial charge >= 0.3 is 5.97 Å². The van der Waals surface area contributed by atoms with E-state index in [2.05, 4.69) is 20.8 Å². The lowest BCUT2D eigenvalue weighted by Crippen LogP contribution is -2.31. The van der Waals surface area contributed by atoms with Crippen molar-refractivity contribution < 1.29 is 23.4 Å². The summed E-state index contributed by atoms with van der Waals surface area (Å²) in [7, 11) is 0. The molecule has 0 radical (unpaired) electrons. The highest BCUT2D eigenvalue weighted by Gasteiger charge is 2.28. The summed E-state index contributed by atoms with van der Waals surface area (Å²) in [6.07, 6.45) is 2.81. The molecule has 3 aromatic rings. The van der Waals surface area contributed by atoms with Gasteiger partial charge in [-0.2, -0.15) is 0 Å². The molecule has 34 heavy (non-hydrogen) atoms. The third kappa shape index (κ3) is 5.25. The lowest BCUT2D eigenvalue weighted by molar-refractivity contribution is -0.156. The second-order valence-corrected chi connectivity index (χ2v) is 9.56. The molecule has 178 valence electrons. The minimum Gasteiger partial charge on any atom is -0.458 e. The number of allylic oxidation sites excluding steroid dienone is 1. The van der Waals surface area contributed by atoms with Gasteiger partial charge in [-0.3, -0.25) is 4.79 Å². The second-order valence-electron chi connectivity index (χ2n) is 9.56. The van der Waals surface area contributed by atoms with Gasteiger partial charge in [0.25, 0.3) is 0 Å². The summed E-state index contributed by atoms with van der Waals surface area (Å²) in [5, 5.41) is 9.87. The van der Waals surface area contributed by atoms with E-state index in [0.29, 0.717) is 18.7 Å². The number of benzene rings is 2. The molecule has 1 saturated heterocycles. The maximum Gasteiger partial charge on any atom is 0.309 e. The Morgan fingerprint density at radius 1 is 1.06 bits per heavy atom. The Morgan fingerprint density at radius 2 is 1.65 bits per heavy atom. The van der Waals surface area contributed by atoms with Crippen LogP contribution in [0, 0.1) is 11.6 Å². The van der Waals surface area contributed by atoms with Gasteiger partial charge in [0.05, 0.1) is 23.9 Å². The molecular weight excluding hydrogens is 438 g/mol. The summed E-state index contributed by atoms with van der Waals surface area (Å²) >= 11 is 0. The second kappa shape index (κ2) is 9.50. The van der Waals surface area contributed by atoms with Crippen molar-refractivity contribution in [2.45, 2.75) is 57.8 Å². The molecule has 2 atom stereocenters. The number of aromatic nitrogens is 2. The monoisotopic (exact) mass is 466 g/mol. The highest BCUT2D eigenvalue weighted by molar-refractivity contribution is 5.79. The first-order valence-electron chi connectivity index (χ1n) is 11.3. The molecule has 0 spiro atoms. The first-order valence-corrected chi connectivity index (χ1v) is 11.3. The van der Waals surface area contributed by atoms with E-state index in [-0.39, 0.29) is 23.5 Å². The molecule has 1 aliphatic rings. The van der Waals surface area contributed by atoms with Gasteiger partial charge in [0.15, 0.2) is 0 Å². The summed E-state index contributed by atoms with van der Waals surface area (Å²) < 4.78 is 34.7. The Kier molecular flexibility index (Phi) is 6.66. The molecule has 0 aliphatic carbocycles. The van der Waals surface area contributed by atoms with E-state index in [1.165, 1.54) is 24.3 Å². The van der Waals surface area contributed by atoms with E-state index in [1.54, 1.807) is 30.3 Å². The number of esters is 1. The fourth-order valence-corrected chi connectivity index (χ4v) is 4.16. The fraction of sp³-hybridized carbons (Fsp3) is 0.333. The van der Waals surface area contributed by atoms with Crippen LogP contribution in [-0.2, 0) is 21.5 Å². The van der Waals surface area contributed by atoms with Crippen molar-refractivity contribution in [3.63, 3.8) is 0 Å². The van der Waals surface area contributed by atoms with E-state index in [0.717, 1.165) is 22.6 Å². The van der Waals surface area contributed by atoms with E-state index < -0.39 is 18.2 Å². The van der Waals surface area contributed by atoms with Gasteiger partial charge in [-0.05, 0) is 54.6 Å². The molecule has 1 N–H and O–H groups in total. The van der Waals surface area contributed by atoms with E-state index in [4.69, 9.17) is 9.72 Å². The topological polar surface area (TPSA) is 64.3 Å². The van der Waals surface area contributed by atoms with Crippen LogP contribution in [0.3, 0.4) is 0 Å². The minimum atomic E-state index is -0.714. The Morgan fingerprint density at radius 3 is 2.21 bits per heavy atom. The zero-order valence-electron chi connectivity index (χ0n) is 19.5. The van der Waals surface area contributed by atoms with Crippen molar-refractivity contribution in [3.8, 4) is 22.5 Å². The molecule has 2 aromatic carbocycles. The van der Waals surface area contributed by atoms with Crippen LogP contribution >= 0.6 is 0 Å². The molecular formula is C27H28F2N2O3. The maximum absolute atomic E-state index is 13.7. The van der Waals surface area contributed by atoms with Crippen molar-refractivity contribution in [1.82, 2.24) is 9.55 Å². The Hall–Kier alpha value is -3.32. The minimum absolute atomic E-state index is 0.00970. The summed E-state index contributed by atoms with van der Waals surface area (Å²) in [5.74, 6) is -0.296. The largest absolute Gasteiger partial charge is 0.458 e. The van der Waals surface area contributed by atoms with Crippen LogP contribution in [0.1, 0.15) is 39.4 Å². The molecule has 0 amide bonds. The van der Waals surface area contributed by atoms with Gasteiger partial charge in [0.2, 0.25) is 0 Å². The van der Waals surface area contributed by atoms with Crippen LogP contribution in [-0.4, -0.2) is 32.8 Å². The molecule has 0 bridgehead atoms. The smallest absolute Gasteiger partial charge is 0.309 e. The highest BCUT2D eigenvalue weighted by Crippen LogP contribution is 2.37. The van der Waals surface area contributed by atoms with Gasteiger partial charge < -0.3 is 14.4 Å². The van der Waals surface area contributed by atoms with Crippen molar-refractivity contribution in [1.29, 1.82) is 0 Å². The Balaban J connectivity index is 1.81. The number of hydrogen-bond donors (Lipinski definition) is 1. The van der Waals surface area contributed by atoms with Crippen molar-refractivity contribution in [3.05, 3.63) is 78.1 Å². The van der Waals surface area contributed by atoms with Crippen LogP contribution in [0.2, 0.25) is 0 Å². The van der Waals surface area contributed by atoms with Crippen LogP contribution in [0.4, 0.5) is 8.78 Å². The fourth-order valence-electron chi connectivity index (χ4n) is 4.16. The van der Waals surface area contributed by atoms with E-state index in [1.807, 2.05) is 10.6 Å². The molecule has 7 heteroatoms. The quantitative estimate of drug-likeness (QED) is 0.403. The van der Waals surface area contributed by atoms with Crippen molar-refractivity contribution in [2.24, 2.45) is 0 Å². The van der Waals surface area contributed by atoms with Gasteiger partial charge in [-0.15, -0.1) is 0 Å². The highest BCUT2D eigenvalue weighted by atomic mass is 19.1. The zero-order chi connectivity index (χ0) is 24.5. The molecule has 5 nitrogen and oxygen atoms in total. The maximum atomic E-state index is 13.7. The zero-order valence-corrected chi connectivity index (χ0v) is 19.5. The van der Waals surface area contributed by atoms with E-state index in [9.17, 15) is 18.7 Å². The number of imidazole rings is 1. The Bertz CT molecular complexity index is 1190. The first-order chi connectivity index (χ1) is 16.1. The predicted molar refractivity (Wildman–Crippen MR) is 126 cm³/mol. The number of aliphatic hydroxyl groups is 1. The molecule has 0 saturated carbocycles. The third-order valence-corrected chi connectivity index (χ3v) is 5.70. The predicted octanol–water partition coefficient (Wildman–Crippen LogP) is 5.42. The molecule has 4 rings (SSSR count). The molecule has 1 aliphatic heterocycles. The summed E-state index contributed by atoms with van der Waals surface area (Å²) in [5.41, 5.74) is 2.65. The number of halogens is 2. The molecule has 1 aromatic heterocycles. The normalized spacial score (nSPS) is 18.9. The lowest BCUT2D eigenvalue weighted by Gasteiger charge is -2.24. The molecule has 2 unspecified atom stereocenters. The molecule has 2 heterocycles. The third-order valence-electron chi connectivity index (χ3n) is 5.70. The summed E-state index contributed by atoms with van der Waals surface area (Å²) in [4.78, 5) is 16.6. The first kappa shape index (κ1) is 23.8. The number of hydrogen-bond acceptors (Lipinski definition) is 4. The number of carbonyl (C=O) groups is 1. The van der Waals surface area contributed by atoms with Crippen molar-refractivity contribution in [2.75, 3.05) is 0 Å². The van der Waals surface area contributed by atoms with Gasteiger partial charge in [0.1, 0.15) is 23.6 Å². The Labute approximate surface area is 197 Å². The lowest BCUT2D eigenvalue weighted by atomic mass is 9.95. The van der Waals surface area contributed by atoms with Gasteiger partial charge in [-0.25, -0.2) is 13.8 Å². The van der Waals surface area contributed by atoms with Gasteiger partial charge in [0, 0.05) is 29.5 Å². The number of cyclic esters (lactones) is 1. The number of carbonyl (C=O) groups excluding carboxylic acids is 1. The number of ether oxygens (including phenoxy) is 1. The van der Waals surface area contributed by atoms with Crippen LogP contribution in [0.5, 0.6) is 0 Å². The van der Waals surface area contributed by atoms with Crippen LogP contribution in [0.15, 0.2) is 60.7 Å². The van der Waals surface area contributed by atoms with Crippen LogP contribution in [0.25, 0.3) is 22.5 Å². The van der Waals surface area contributed by atoms with E-state index >= 15 is 0 Å². The van der Waals surface area contributed by atoms with Gasteiger partial charge in [-0.1, -0.05) is 26.8 Å². The molecule has 1 fully saturated rings. The average Bonchev–Trinajstić information content (AvgIpc) is 3.14. The summed E-state index contributed by atoms with van der Waals surface area (Å²) in [6.45, 7) is 6.57. The average molecular weight is 467 g/mol. The SMILES string of the molecule is CC(C)(C)c1nc(-c2ccc(F)cc2)c(-c2ccc(F)cc2)n1C/C=C/C1CC(O)CC(=O)O1.